The summed E-state index contributed by atoms with van der Waals surface area (Å²) in [6, 6.07) is 7.30. The number of carbonyl (C=O) groups excluding carboxylic acids is 1. The number of nitrogens with zero attached hydrogens (tertiary/aromatic N) is 1. The van der Waals surface area contributed by atoms with E-state index in [1.807, 2.05) is 38.3 Å². The first-order chi connectivity index (χ1) is 9.49. The van der Waals surface area contributed by atoms with Gasteiger partial charge >= 0.3 is 5.97 Å². The maximum Gasteiger partial charge on any atom is 0.323 e. The lowest BCUT2D eigenvalue weighted by Crippen LogP contribution is -2.41. The number of aliphatic carboxylic acids is 1. The summed E-state index contributed by atoms with van der Waals surface area (Å²) in [6.07, 6.45) is 2.73. The van der Waals surface area contributed by atoms with E-state index in [4.69, 9.17) is 5.11 Å². The van der Waals surface area contributed by atoms with E-state index < -0.39 is 5.97 Å². The Bertz CT molecular complexity index is 476. The standard InChI is InChI=1S/C15H21NO3S/c1-4-11(2)16(9-14(17)18)15(19)13-7-5-6-12(8-13)10-20-3/h5-8,11H,4,9-10H2,1-3H3,(H,17,18). The summed E-state index contributed by atoms with van der Waals surface area (Å²) in [6.45, 7) is 3.55. The molecule has 110 valence electrons. The summed E-state index contributed by atoms with van der Waals surface area (Å²) < 4.78 is 0. The lowest BCUT2D eigenvalue weighted by molar-refractivity contribution is -0.138. The third kappa shape index (κ3) is 4.56. The quantitative estimate of drug-likeness (QED) is 0.840. The van der Waals surface area contributed by atoms with Crippen LogP contribution in [0.1, 0.15) is 36.2 Å². The highest BCUT2D eigenvalue weighted by atomic mass is 32.2. The molecular formula is C15H21NO3S. The fourth-order valence-corrected chi connectivity index (χ4v) is 2.43. The minimum absolute atomic E-state index is 0.0946. The zero-order valence-electron chi connectivity index (χ0n) is 12.1. The molecule has 5 heteroatoms. The Hall–Kier alpha value is -1.49. The van der Waals surface area contributed by atoms with Gasteiger partial charge in [0.25, 0.3) is 5.91 Å². The van der Waals surface area contributed by atoms with Gasteiger partial charge in [-0.1, -0.05) is 19.1 Å². The second kappa shape index (κ2) is 7.94. The molecule has 1 amide bonds. The van der Waals surface area contributed by atoms with Crippen LogP contribution in [0.5, 0.6) is 0 Å². The normalized spacial score (nSPS) is 11.9. The number of benzene rings is 1. The van der Waals surface area contributed by atoms with Crippen LogP contribution in [-0.2, 0) is 10.5 Å². The smallest absolute Gasteiger partial charge is 0.323 e. The number of rotatable bonds is 7. The molecule has 0 fully saturated rings. The molecule has 0 heterocycles. The molecule has 0 saturated heterocycles. The molecule has 1 atom stereocenters. The van der Waals surface area contributed by atoms with Crippen molar-refractivity contribution in [1.29, 1.82) is 0 Å². The van der Waals surface area contributed by atoms with Crippen molar-refractivity contribution in [1.82, 2.24) is 4.90 Å². The van der Waals surface area contributed by atoms with Gasteiger partial charge in [-0.3, -0.25) is 9.59 Å². The second-order valence-electron chi connectivity index (χ2n) is 4.72. The van der Waals surface area contributed by atoms with Crippen LogP contribution < -0.4 is 0 Å². The van der Waals surface area contributed by atoms with Crippen LogP contribution in [0.25, 0.3) is 0 Å². The van der Waals surface area contributed by atoms with Crippen LogP contribution in [0, 0.1) is 0 Å². The van der Waals surface area contributed by atoms with E-state index in [9.17, 15) is 9.59 Å². The molecule has 0 bridgehead atoms. The van der Waals surface area contributed by atoms with E-state index in [-0.39, 0.29) is 18.5 Å². The van der Waals surface area contributed by atoms with Crippen molar-refractivity contribution in [3.8, 4) is 0 Å². The highest BCUT2D eigenvalue weighted by Crippen LogP contribution is 2.15. The van der Waals surface area contributed by atoms with Gasteiger partial charge < -0.3 is 10.0 Å². The SMILES string of the molecule is CCC(C)N(CC(=O)O)C(=O)c1cccc(CSC)c1. The number of carboxylic acids is 1. The third-order valence-corrected chi connectivity index (χ3v) is 3.80. The molecule has 1 rings (SSSR count). The first-order valence-corrected chi connectivity index (χ1v) is 7.99. The average Bonchev–Trinajstić information content (AvgIpc) is 2.43. The molecule has 0 aromatic heterocycles. The number of hydrogen-bond donors (Lipinski definition) is 1. The van der Waals surface area contributed by atoms with Crippen LogP contribution in [0.4, 0.5) is 0 Å². The van der Waals surface area contributed by atoms with Crippen molar-refractivity contribution in [2.75, 3.05) is 12.8 Å². The van der Waals surface area contributed by atoms with Gasteiger partial charge in [-0.25, -0.2) is 0 Å². The maximum absolute atomic E-state index is 12.5. The number of amides is 1. The van der Waals surface area contributed by atoms with Gasteiger partial charge in [-0.2, -0.15) is 11.8 Å². The average molecular weight is 295 g/mol. The molecule has 1 aromatic rings. The zero-order chi connectivity index (χ0) is 15.1. The maximum atomic E-state index is 12.5. The number of hydrogen-bond acceptors (Lipinski definition) is 3. The summed E-state index contributed by atoms with van der Waals surface area (Å²) in [4.78, 5) is 24.8. The third-order valence-electron chi connectivity index (χ3n) is 3.17. The van der Waals surface area contributed by atoms with Crippen molar-refractivity contribution in [3.05, 3.63) is 35.4 Å². The lowest BCUT2D eigenvalue weighted by atomic mass is 10.1. The summed E-state index contributed by atoms with van der Waals surface area (Å²) in [5.41, 5.74) is 1.63. The van der Waals surface area contributed by atoms with Gasteiger partial charge in [-0.05, 0) is 37.3 Å². The van der Waals surface area contributed by atoms with Crippen molar-refractivity contribution in [2.45, 2.75) is 32.1 Å². The topological polar surface area (TPSA) is 57.6 Å². The summed E-state index contributed by atoms with van der Waals surface area (Å²) in [5, 5.41) is 8.97. The Balaban J connectivity index is 2.98. The van der Waals surface area contributed by atoms with Crippen molar-refractivity contribution in [2.24, 2.45) is 0 Å². The van der Waals surface area contributed by atoms with Gasteiger partial charge in [-0.15, -0.1) is 0 Å². The van der Waals surface area contributed by atoms with Crippen LogP contribution in [0.15, 0.2) is 24.3 Å². The molecule has 4 nitrogen and oxygen atoms in total. The number of carboxylic acid groups (broad SMARTS) is 1. The molecule has 0 aliphatic rings. The van der Waals surface area contributed by atoms with Crippen LogP contribution in [-0.4, -0.2) is 40.7 Å². The molecule has 0 aliphatic carbocycles. The molecule has 20 heavy (non-hydrogen) atoms. The monoisotopic (exact) mass is 295 g/mol. The molecular weight excluding hydrogens is 274 g/mol. The van der Waals surface area contributed by atoms with E-state index in [0.29, 0.717) is 5.56 Å². The first kappa shape index (κ1) is 16.6. The van der Waals surface area contributed by atoms with Gasteiger partial charge in [0, 0.05) is 17.4 Å². The predicted octanol–water partition coefficient (Wildman–Crippen LogP) is 2.87. The Morgan fingerprint density at radius 2 is 2.10 bits per heavy atom. The van der Waals surface area contributed by atoms with E-state index in [1.54, 1.807) is 17.8 Å². The summed E-state index contributed by atoms with van der Waals surface area (Å²) >= 11 is 1.69. The Kier molecular flexibility index (Phi) is 6.58. The first-order valence-electron chi connectivity index (χ1n) is 6.60. The summed E-state index contributed by atoms with van der Waals surface area (Å²) in [5.74, 6) is -0.368. The minimum atomic E-state index is -0.987. The van der Waals surface area contributed by atoms with Gasteiger partial charge in [0.15, 0.2) is 0 Å². The predicted molar refractivity (Wildman–Crippen MR) is 82.1 cm³/mol. The second-order valence-corrected chi connectivity index (χ2v) is 5.58. The molecule has 1 unspecified atom stereocenters. The molecule has 0 aliphatic heterocycles. The Morgan fingerprint density at radius 1 is 1.40 bits per heavy atom. The minimum Gasteiger partial charge on any atom is -0.480 e. The Labute approximate surface area is 124 Å². The highest BCUT2D eigenvalue weighted by molar-refractivity contribution is 7.97. The van der Waals surface area contributed by atoms with E-state index in [1.165, 1.54) is 4.90 Å². The van der Waals surface area contributed by atoms with Gasteiger partial charge in [0.05, 0.1) is 0 Å². The molecule has 1 N–H and O–H groups in total. The van der Waals surface area contributed by atoms with Crippen LogP contribution >= 0.6 is 11.8 Å². The number of carbonyl (C=O) groups is 2. The molecule has 0 saturated carbocycles. The fraction of sp³-hybridized carbons (Fsp3) is 0.467. The van der Waals surface area contributed by atoms with E-state index in [0.717, 1.165) is 17.7 Å². The van der Waals surface area contributed by atoms with Gasteiger partial charge in [0.1, 0.15) is 6.54 Å². The van der Waals surface area contributed by atoms with Crippen LogP contribution in [0.3, 0.4) is 0 Å². The van der Waals surface area contributed by atoms with Crippen molar-refractivity contribution < 1.29 is 14.7 Å². The lowest BCUT2D eigenvalue weighted by Gasteiger charge is -2.27. The Morgan fingerprint density at radius 3 is 2.65 bits per heavy atom. The highest BCUT2D eigenvalue weighted by Gasteiger charge is 2.22. The largest absolute Gasteiger partial charge is 0.480 e. The summed E-state index contributed by atoms with van der Waals surface area (Å²) in [7, 11) is 0. The molecule has 0 radical (unpaired) electrons. The van der Waals surface area contributed by atoms with E-state index >= 15 is 0 Å². The van der Waals surface area contributed by atoms with E-state index in [2.05, 4.69) is 0 Å². The molecule has 0 spiro atoms. The molecule has 1 aromatic carbocycles. The van der Waals surface area contributed by atoms with Crippen molar-refractivity contribution >= 4 is 23.6 Å². The zero-order valence-corrected chi connectivity index (χ0v) is 12.9. The van der Waals surface area contributed by atoms with Gasteiger partial charge in [0.2, 0.25) is 0 Å². The fourth-order valence-electron chi connectivity index (χ4n) is 1.92. The van der Waals surface area contributed by atoms with Crippen LogP contribution in [0.2, 0.25) is 0 Å². The number of thioether (sulfide) groups is 1. The van der Waals surface area contributed by atoms with Crippen molar-refractivity contribution in [3.63, 3.8) is 0 Å².